The van der Waals surface area contributed by atoms with Crippen molar-refractivity contribution >= 4 is 12.0 Å². The zero-order valence-corrected chi connectivity index (χ0v) is 14.4. The number of hydrogen-bond donors (Lipinski definition) is 3. The molecule has 130 valence electrons. The standard InChI is InChI=1S/C18H24N2O4/c1-10-14(16(22)24-11(2)18(3,4)5)15(20-17(23)19-10)12-6-8-13(21)9-7-12/h6-9,11,14-15,21H,1H2,2-5H3,(H2,19,20,23). The van der Waals surface area contributed by atoms with Crippen LogP contribution < -0.4 is 10.6 Å². The third-order valence-corrected chi connectivity index (χ3v) is 4.29. The second kappa shape index (κ2) is 6.55. The molecule has 3 unspecified atom stereocenters. The minimum absolute atomic E-state index is 0.110. The van der Waals surface area contributed by atoms with Crippen LogP contribution in [0, 0.1) is 11.3 Å². The molecule has 3 atom stereocenters. The van der Waals surface area contributed by atoms with Crippen molar-refractivity contribution in [2.75, 3.05) is 0 Å². The van der Waals surface area contributed by atoms with Crippen molar-refractivity contribution in [3.63, 3.8) is 0 Å². The molecule has 1 aliphatic rings. The van der Waals surface area contributed by atoms with E-state index in [9.17, 15) is 14.7 Å². The summed E-state index contributed by atoms with van der Waals surface area (Å²) in [6.45, 7) is 11.6. The highest BCUT2D eigenvalue weighted by Crippen LogP contribution is 2.32. The number of benzene rings is 1. The van der Waals surface area contributed by atoms with Gasteiger partial charge in [-0.3, -0.25) is 4.79 Å². The van der Waals surface area contributed by atoms with E-state index in [0.29, 0.717) is 11.3 Å². The molecule has 3 N–H and O–H groups in total. The number of aromatic hydroxyl groups is 1. The molecule has 1 aromatic rings. The topological polar surface area (TPSA) is 87.7 Å². The van der Waals surface area contributed by atoms with Crippen molar-refractivity contribution < 1.29 is 19.4 Å². The smallest absolute Gasteiger partial charge is 0.319 e. The van der Waals surface area contributed by atoms with E-state index >= 15 is 0 Å². The Balaban J connectivity index is 2.28. The van der Waals surface area contributed by atoms with Crippen molar-refractivity contribution in [1.82, 2.24) is 10.6 Å². The summed E-state index contributed by atoms with van der Waals surface area (Å²) in [5.41, 5.74) is 0.785. The lowest BCUT2D eigenvalue weighted by Gasteiger charge is -2.35. The van der Waals surface area contributed by atoms with Gasteiger partial charge in [-0.2, -0.15) is 0 Å². The Hall–Kier alpha value is -2.50. The zero-order valence-electron chi connectivity index (χ0n) is 14.4. The van der Waals surface area contributed by atoms with Gasteiger partial charge in [0.15, 0.2) is 0 Å². The fourth-order valence-electron chi connectivity index (χ4n) is 2.35. The highest BCUT2D eigenvalue weighted by molar-refractivity contribution is 5.85. The zero-order chi connectivity index (χ0) is 18.1. The van der Waals surface area contributed by atoms with Gasteiger partial charge in [0.2, 0.25) is 0 Å². The van der Waals surface area contributed by atoms with Gasteiger partial charge in [-0.25, -0.2) is 4.79 Å². The summed E-state index contributed by atoms with van der Waals surface area (Å²) < 4.78 is 5.59. The maximum absolute atomic E-state index is 12.7. The minimum Gasteiger partial charge on any atom is -0.508 e. The summed E-state index contributed by atoms with van der Waals surface area (Å²) in [4.78, 5) is 24.5. The van der Waals surface area contributed by atoms with Gasteiger partial charge in [-0.1, -0.05) is 39.5 Å². The summed E-state index contributed by atoms with van der Waals surface area (Å²) in [5, 5.41) is 14.7. The fraction of sp³-hybridized carbons (Fsp3) is 0.444. The van der Waals surface area contributed by atoms with Crippen LogP contribution in [0.5, 0.6) is 5.75 Å². The normalized spacial score (nSPS) is 22.3. The molecule has 0 aromatic heterocycles. The summed E-state index contributed by atoms with van der Waals surface area (Å²) in [7, 11) is 0. The number of amides is 2. The molecule has 24 heavy (non-hydrogen) atoms. The number of rotatable bonds is 3. The maximum Gasteiger partial charge on any atom is 0.319 e. The van der Waals surface area contributed by atoms with E-state index < -0.39 is 24.0 Å². The van der Waals surface area contributed by atoms with Crippen LogP contribution in [-0.2, 0) is 9.53 Å². The summed E-state index contributed by atoms with van der Waals surface area (Å²) in [6, 6.07) is 5.30. The summed E-state index contributed by atoms with van der Waals surface area (Å²) >= 11 is 0. The van der Waals surface area contributed by atoms with Crippen LogP contribution in [0.25, 0.3) is 0 Å². The van der Waals surface area contributed by atoms with E-state index in [1.807, 2.05) is 27.7 Å². The maximum atomic E-state index is 12.7. The fourth-order valence-corrected chi connectivity index (χ4v) is 2.35. The van der Waals surface area contributed by atoms with Gasteiger partial charge in [0.25, 0.3) is 0 Å². The predicted molar refractivity (Wildman–Crippen MR) is 90.2 cm³/mol. The molecule has 0 bridgehead atoms. The molecule has 2 rings (SSSR count). The highest BCUT2D eigenvalue weighted by Gasteiger charge is 2.40. The lowest BCUT2D eigenvalue weighted by Crippen LogP contribution is -2.51. The van der Waals surface area contributed by atoms with Crippen LogP contribution in [0.2, 0.25) is 0 Å². The molecule has 1 fully saturated rings. The Bertz CT molecular complexity index is 646. The van der Waals surface area contributed by atoms with Gasteiger partial charge < -0.3 is 20.5 Å². The SMILES string of the molecule is C=C1NC(=O)NC(c2ccc(O)cc2)C1C(=O)OC(C)C(C)(C)C. The first-order valence-electron chi connectivity index (χ1n) is 7.85. The molecule has 0 saturated carbocycles. The van der Waals surface area contributed by atoms with Crippen LogP contribution in [-0.4, -0.2) is 23.2 Å². The van der Waals surface area contributed by atoms with E-state index in [0.717, 1.165) is 0 Å². The third-order valence-electron chi connectivity index (χ3n) is 4.29. The first-order chi connectivity index (χ1) is 11.1. The Labute approximate surface area is 141 Å². The minimum atomic E-state index is -0.753. The molecule has 1 saturated heterocycles. The Morgan fingerprint density at radius 2 is 1.88 bits per heavy atom. The monoisotopic (exact) mass is 332 g/mol. The van der Waals surface area contributed by atoms with Gasteiger partial charge in [0.05, 0.1) is 6.04 Å². The van der Waals surface area contributed by atoms with E-state index in [2.05, 4.69) is 17.2 Å². The van der Waals surface area contributed by atoms with Gasteiger partial charge in [-0.15, -0.1) is 0 Å². The Kier molecular flexibility index (Phi) is 4.87. The number of esters is 1. The Morgan fingerprint density at radius 1 is 1.29 bits per heavy atom. The average molecular weight is 332 g/mol. The number of carbonyl (C=O) groups is 2. The first kappa shape index (κ1) is 17.8. The largest absolute Gasteiger partial charge is 0.508 e. The summed E-state index contributed by atoms with van der Waals surface area (Å²) in [6.07, 6.45) is -0.295. The quantitative estimate of drug-likeness (QED) is 0.743. The molecule has 0 radical (unpaired) electrons. The highest BCUT2D eigenvalue weighted by atomic mass is 16.5. The lowest BCUT2D eigenvalue weighted by molar-refractivity contribution is -0.158. The molecule has 0 spiro atoms. The van der Waals surface area contributed by atoms with Crippen LogP contribution in [0.4, 0.5) is 4.79 Å². The van der Waals surface area contributed by atoms with Crippen LogP contribution >= 0.6 is 0 Å². The molecule has 1 aromatic carbocycles. The van der Waals surface area contributed by atoms with Crippen molar-refractivity contribution in [3.05, 3.63) is 42.1 Å². The number of urea groups is 1. The van der Waals surface area contributed by atoms with Crippen LogP contribution in [0.15, 0.2) is 36.5 Å². The molecule has 1 aliphatic heterocycles. The second-order valence-electron chi connectivity index (χ2n) is 7.12. The van der Waals surface area contributed by atoms with E-state index in [-0.39, 0.29) is 17.3 Å². The third kappa shape index (κ3) is 3.88. The number of carbonyl (C=O) groups excluding carboxylic acids is 2. The molecule has 6 heteroatoms. The van der Waals surface area contributed by atoms with E-state index in [1.54, 1.807) is 12.1 Å². The molecular weight excluding hydrogens is 308 g/mol. The number of phenols is 1. The van der Waals surface area contributed by atoms with Gasteiger partial charge in [-0.05, 0) is 30.0 Å². The van der Waals surface area contributed by atoms with Crippen molar-refractivity contribution in [2.45, 2.75) is 39.8 Å². The molecule has 2 amide bonds. The molecule has 0 aliphatic carbocycles. The lowest BCUT2D eigenvalue weighted by atomic mass is 9.87. The van der Waals surface area contributed by atoms with Crippen molar-refractivity contribution in [1.29, 1.82) is 0 Å². The van der Waals surface area contributed by atoms with Crippen LogP contribution in [0.3, 0.4) is 0 Å². The Morgan fingerprint density at radius 3 is 2.42 bits per heavy atom. The average Bonchev–Trinajstić information content (AvgIpc) is 2.45. The predicted octanol–water partition coefficient (Wildman–Crippen LogP) is 2.85. The first-order valence-corrected chi connectivity index (χ1v) is 7.85. The van der Waals surface area contributed by atoms with E-state index in [1.165, 1.54) is 12.1 Å². The van der Waals surface area contributed by atoms with Crippen molar-refractivity contribution in [2.24, 2.45) is 11.3 Å². The number of ether oxygens (including phenoxy) is 1. The van der Waals surface area contributed by atoms with Gasteiger partial charge >= 0.3 is 12.0 Å². The van der Waals surface area contributed by atoms with E-state index in [4.69, 9.17) is 4.74 Å². The van der Waals surface area contributed by atoms with Crippen LogP contribution in [0.1, 0.15) is 39.3 Å². The molecular formula is C18H24N2O4. The summed E-state index contributed by atoms with van der Waals surface area (Å²) in [5.74, 6) is -1.09. The van der Waals surface area contributed by atoms with Gasteiger partial charge in [0, 0.05) is 5.70 Å². The van der Waals surface area contributed by atoms with Gasteiger partial charge in [0.1, 0.15) is 17.8 Å². The molecule has 1 heterocycles. The van der Waals surface area contributed by atoms with Crippen molar-refractivity contribution in [3.8, 4) is 5.75 Å². The molecule has 6 nitrogen and oxygen atoms in total. The second-order valence-corrected chi connectivity index (χ2v) is 7.12. The number of phenolic OH excluding ortho intramolecular Hbond substituents is 1. The number of hydrogen-bond acceptors (Lipinski definition) is 4. The number of nitrogens with one attached hydrogen (secondary N) is 2.